The SMILES string of the molecule is ClC[C@H](Cl)C[C@@H]1CO1. The van der Waals surface area contributed by atoms with E-state index in [4.69, 9.17) is 27.9 Å². The van der Waals surface area contributed by atoms with E-state index in [2.05, 4.69) is 0 Å². The molecule has 3 heteroatoms. The molecule has 0 radical (unpaired) electrons. The molecule has 0 aromatic rings. The minimum atomic E-state index is 0.101. The Balaban J connectivity index is 1.98. The van der Waals surface area contributed by atoms with Gasteiger partial charge in [0.2, 0.25) is 0 Å². The van der Waals surface area contributed by atoms with Gasteiger partial charge in [0.15, 0.2) is 0 Å². The third-order valence-corrected chi connectivity index (χ3v) is 1.95. The highest BCUT2D eigenvalue weighted by Crippen LogP contribution is 2.19. The maximum absolute atomic E-state index is 5.69. The molecule has 0 aromatic heterocycles. The molecule has 0 saturated carbocycles. The first kappa shape index (κ1) is 6.66. The maximum Gasteiger partial charge on any atom is 0.0824 e. The first-order chi connectivity index (χ1) is 3.83. The Kier molecular flexibility index (Phi) is 2.42. The standard InChI is InChI=1S/C5H8Cl2O/c6-2-4(7)1-5-3-8-5/h4-5H,1-3H2/t4-,5-/m1/s1. The number of rotatable bonds is 3. The van der Waals surface area contributed by atoms with Crippen molar-refractivity contribution in [2.45, 2.75) is 17.9 Å². The van der Waals surface area contributed by atoms with Gasteiger partial charge in [-0.1, -0.05) is 0 Å². The van der Waals surface area contributed by atoms with Crippen molar-refractivity contribution in [3.63, 3.8) is 0 Å². The lowest BCUT2D eigenvalue weighted by atomic mass is 10.3. The number of hydrogen-bond donors (Lipinski definition) is 0. The zero-order valence-corrected chi connectivity index (χ0v) is 5.95. The second-order valence-corrected chi connectivity index (χ2v) is 2.87. The average molecular weight is 155 g/mol. The number of hydrogen-bond acceptors (Lipinski definition) is 1. The molecule has 2 atom stereocenters. The second-order valence-electron chi connectivity index (χ2n) is 1.94. The molecule has 48 valence electrons. The number of ether oxygens (including phenoxy) is 1. The van der Waals surface area contributed by atoms with Gasteiger partial charge in [0.1, 0.15) is 0 Å². The molecule has 0 unspecified atom stereocenters. The lowest BCUT2D eigenvalue weighted by molar-refractivity contribution is 0.396. The zero-order chi connectivity index (χ0) is 5.98. The van der Waals surface area contributed by atoms with E-state index in [-0.39, 0.29) is 5.38 Å². The molecule has 0 amide bonds. The summed E-state index contributed by atoms with van der Waals surface area (Å²) in [6.45, 7) is 0.875. The predicted molar refractivity (Wildman–Crippen MR) is 34.7 cm³/mol. The molecule has 1 saturated heterocycles. The fourth-order valence-corrected chi connectivity index (χ4v) is 0.877. The lowest BCUT2D eigenvalue weighted by Gasteiger charge is -1.98. The lowest BCUT2D eigenvalue weighted by Crippen LogP contribution is -2.03. The molecule has 1 aliphatic rings. The highest BCUT2D eigenvalue weighted by molar-refractivity contribution is 6.28. The van der Waals surface area contributed by atoms with Gasteiger partial charge in [-0.3, -0.25) is 0 Å². The van der Waals surface area contributed by atoms with Gasteiger partial charge in [0.05, 0.1) is 12.7 Å². The smallest absolute Gasteiger partial charge is 0.0824 e. The molecule has 1 heterocycles. The van der Waals surface area contributed by atoms with E-state index >= 15 is 0 Å². The van der Waals surface area contributed by atoms with Crippen LogP contribution in [0, 0.1) is 0 Å². The molecular weight excluding hydrogens is 147 g/mol. The van der Waals surface area contributed by atoms with Crippen molar-refractivity contribution in [2.75, 3.05) is 12.5 Å². The highest BCUT2D eigenvalue weighted by atomic mass is 35.5. The van der Waals surface area contributed by atoms with Crippen LogP contribution in [0.5, 0.6) is 0 Å². The predicted octanol–water partition coefficient (Wildman–Crippen LogP) is 1.62. The topological polar surface area (TPSA) is 12.5 Å². The van der Waals surface area contributed by atoms with E-state index in [1.807, 2.05) is 0 Å². The van der Waals surface area contributed by atoms with E-state index in [1.165, 1.54) is 0 Å². The molecule has 8 heavy (non-hydrogen) atoms. The molecule has 0 aromatic carbocycles. The molecule has 1 aliphatic heterocycles. The summed E-state index contributed by atoms with van der Waals surface area (Å²) in [5.74, 6) is 0.529. The van der Waals surface area contributed by atoms with Gasteiger partial charge in [0, 0.05) is 11.3 Å². The summed E-state index contributed by atoms with van der Waals surface area (Å²) < 4.78 is 4.94. The fraction of sp³-hybridized carbons (Fsp3) is 1.00. The van der Waals surface area contributed by atoms with Crippen LogP contribution in [-0.2, 0) is 4.74 Å². The Morgan fingerprint density at radius 3 is 2.75 bits per heavy atom. The van der Waals surface area contributed by atoms with Gasteiger partial charge < -0.3 is 4.74 Å². The second kappa shape index (κ2) is 2.90. The van der Waals surface area contributed by atoms with Crippen LogP contribution in [0.2, 0.25) is 0 Å². The van der Waals surface area contributed by atoms with Crippen LogP contribution in [0.25, 0.3) is 0 Å². The third kappa shape index (κ3) is 2.21. The quantitative estimate of drug-likeness (QED) is 0.445. The minimum Gasteiger partial charge on any atom is -0.373 e. The summed E-state index contributed by atoms with van der Waals surface area (Å²) in [5, 5.41) is 0.101. The van der Waals surface area contributed by atoms with E-state index in [0.717, 1.165) is 13.0 Å². The van der Waals surface area contributed by atoms with Gasteiger partial charge >= 0.3 is 0 Å². The normalized spacial score (nSPS) is 30.0. The van der Waals surface area contributed by atoms with Crippen molar-refractivity contribution in [3.05, 3.63) is 0 Å². The highest BCUT2D eigenvalue weighted by Gasteiger charge is 2.24. The first-order valence-electron chi connectivity index (χ1n) is 2.64. The molecule has 0 bridgehead atoms. The Bertz CT molecular complexity index is 72.8. The molecule has 0 aliphatic carbocycles. The molecule has 0 spiro atoms. The fourth-order valence-electron chi connectivity index (χ4n) is 0.552. The van der Waals surface area contributed by atoms with Crippen LogP contribution in [0.4, 0.5) is 0 Å². The summed E-state index contributed by atoms with van der Waals surface area (Å²) in [6.07, 6.45) is 1.32. The summed E-state index contributed by atoms with van der Waals surface area (Å²) in [6, 6.07) is 0. The van der Waals surface area contributed by atoms with E-state index < -0.39 is 0 Å². The summed E-state index contributed by atoms with van der Waals surface area (Å²) in [7, 11) is 0. The van der Waals surface area contributed by atoms with Gasteiger partial charge in [0.25, 0.3) is 0 Å². The molecule has 1 fully saturated rings. The van der Waals surface area contributed by atoms with Crippen LogP contribution in [0.3, 0.4) is 0 Å². The molecule has 1 nitrogen and oxygen atoms in total. The number of epoxide rings is 1. The molecule has 0 N–H and O–H groups in total. The average Bonchev–Trinajstić information content (AvgIpc) is 2.50. The maximum atomic E-state index is 5.69. The van der Waals surface area contributed by atoms with Crippen molar-refractivity contribution in [3.8, 4) is 0 Å². The van der Waals surface area contributed by atoms with Crippen molar-refractivity contribution in [1.82, 2.24) is 0 Å². The largest absolute Gasteiger partial charge is 0.373 e. The Hall–Kier alpha value is 0.540. The van der Waals surface area contributed by atoms with E-state index in [1.54, 1.807) is 0 Å². The van der Waals surface area contributed by atoms with Crippen LogP contribution in [0.15, 0.2) is 0 Å². The summed E-state index contributed by atoms with van der Waals surface area (Å²) >= 11 is 11.1. The molecular formula is C5H8Cl2O. The Morgan fingerprint density at radius 1 is 1.75 bits per heavy atom. The van der Waals surface area contributed by atoms with E-state index in [9.17, 15) is 0 Å². The van der Waals surface area contributed by atoms with E-state index in [0.29, 0.717) is 12.0 Å². The van der Waals surface area contributed by atoms with Gasteiger partial charge in [-0.05, 0) is 6.42 Å². The summed E-state index contributed by atoms with van der Waals surface area (Å²) in [4.78, 5) is 0. The van der Waals surface area contributed by atoms with Crippen LogP contribution in [0.1, 0.15) is 6.42 Å². The van der Waals surface area contributed by atoms with Crippen LogP contribution in [-0.4, -0.2) is 24.0 Å². The van der Waals surface area contributed by atoms with Crippen LogP contribution >= 0.6 is 23.2 Å². The van der Waals surface area contributed by atoms with Crippen molar-refractivity contribution in [2.24, 2.45) is 0 Å². The van der Waals surface area contributed by atoms with Crippen LogP contribution < -0.4 is 0 Å². The van der Waals surface area contributed by atoms with Crippen molar-refractivity contribution in [1.29, 1.82) is 0 Å². The zero-order valence-electron chi connectivity index (χ0n) is 4.44. The van der Waals surface area contributed by atoms with Gasteiger partial charge in [-0.2, -0.15) is 0 Å². The minimum absolute atomic E-state index is 0.101. The Labute approximate surface area is 58.9 Å². The number of halogens is 2. The van der Waals surface area contributed by atoms with Crippen molar-refractivity contribution >= 4 is 23.2 Å². The monoisotopic (exact) mass is 154 g/mol. The van der Waals surface area contributed by atoms with Gasteiger partial charge in [-0.15, -0.1) is 23.2 Å². The van der Waals surface area contributed by atoms with Crippen molar-refractivity contribution < 1.29 is 4.74 Å². The Morgan fingerprint density at radius 2 is 2.38 bits per heavy atom. The van der Waals surface area contributed by atoms with Gasteiger partial charge in [-0.25, -0.2) is 0 Å². The summed E-state index contributed by atoms with van der Waals surface area (Å²) in [5.41, 5.74) is 0. The first-order valence-corrected chi connectivity index (χ1v) is 3.61. The third-order valence-electron chi connectivity index (χ3n) is 1.09. The number of alkyl halides is 2. The molecule has 1 rings (SSSR count).